The van der Waals surface area contributed by atoms with Gasteiger partial charge in [0.25, 0.3) is 0 Å². The van der Waals surface area contributed by atoms with Crippen molar-refractivity contribution in [3.63, 3.8) is 0 Å². The van der Waals surface area contributed by atoms with Gasteiger partial charge in [-0.15, -0.1) is 0 Å². The predicted octanol–water partition coefficient (Wildman–Crippen LogP) is 2.16. The fourth-order valence-corrected chi connectivity index (χ4v) is 2.48. The van der Waals surface area contributed by atoms with Gasteiger partial charge in [0, 0.05) is 12.6 Å². The molecule has 0 amide bonds. The van der Waals surface area contributed by atoms with Crippen molar-refractivity contribution in [3.05, 3.63) is 11.6 Å². The maximum absolute atomic E-state index is 5.72. The summed E-state index contributed by atoms with van der Waals surface area (Å²) in [5.41, 5.74) is 7.36. The van der Waals surface area contributed by atoms with Gasteiger partial charge in [-0.3, -0.25) is 0 Å². The van der Waals surface area contributed by atoms with E-state index in [1.54, 1.807) is 5.57 Å². The Balaban J connectivity index is 2.05. The first-order chi connectivity index (χ1) is 7.36. The highest BCUT2D eigenvalue weighted by Crippen LogP contribution is 2.19. The molecule has 1 aliphatic carbocycles. The summed E-state index contributed by atoms with van der Waals surface area (Å²) in [6.07, 6.45) is 10.9. The van der Waals surface area contributed by atoms with Crippen LogP contribution in [0.2, 0.25) is 0 Å². The van der Waals surface area contributed by atoms with E-state index in [-0.39, 0.29) is 0 Å². The molecule has 1 atom stereocenters. The third kappa shape index (κ3) is 5.59. The highest BCUT2D eigenvalue weighted by Gasteiger charge is 2.07. The lowest BCUT2D eigenvalue weighted by Crippen LogP contribution is -2.37. The molecule has 3 heteroatoms. The molecule has 0 aromatic rings. The maximum atomic E-state index is 5.72. The smallest absolute Gasteiger partial charge is 0.0198 e. The molecule has 2 nitrogen and oxygen atoms in total. The minimum atomic E-state index is 0.513. The van der Waals surface area contributed by atoms with Gasteiger partial charge in [-0.2, -0.15) is 11.8 Å². The standard InChI is InChI=1S/C12H24N2S/c1-15-9-7-12(10-13)14-8-6-11-4-2-3-5-11/h4,12,14H,2-3,5-10,13H2,1H3. The second kappa shape index (κ2) is 8.20. The van der Waals surface area contributed by atoms with Gasteiger partial charge in [-0.25, -0.2) is 0 Å². The fraction of sp³-hybridized carbons (Fsp3) is 0.833. The van der Waals surface area contributed by atoms with Crippen molar-refractivity contribution in [2.24, 2.45) is 5.73 Å². The number of hydrogen-bond acceptors (Lipinski definition) is 3. The summed E-state index contributed by atoms with van der Waals surface area (Å²) in [7, 11) is 0. The molecule has 1 unspecified atom stereocenters. The van der Waals surface area contributed by atoms with Gasteiger partial charge in [-0.05, 0) is 50.7 Å². The zero-order chi connectivity index (χ0) is 10.9. The Morgan fingerprint density at radius 3 is 3.07 bits per heavy atom. The summed E-state index contributed by atoms with van der Waals surface area (Å²) in [5, 5.41) is 3.55. The minimum Gasteiger partial charge on any atom is -0.329 e. The van der Waals surface area contributed by atoms with Crippen molar-refractivity contribution in [1.29, 1.82) is 0 Å². The second-order valence-corrected chi connectivity index (χ2v) is 5.16. The van der Waals surface area contributed by atoms with Gasteiger partial charge in [-0.1, -0.05) is 11.6 Å². The monoisotopic (exact) mass is 228 g/mol. The third-order valence-corrected chi connectivity index (χ3v) is 3.61. The van der Waals surface area contributed by atoms with Crippen LogP contribution in [-0.2, 0) is 0 Å². The first kappa shape index (κ1) is 13.1. The summed E-state index contributed by atoms with van der Waals surface area (Å²) in [4.78, 5) is 0. The van der Waals surface area contributed by atoms with Crippen molar-refractivity contribution in [1.82, 2.24) is 5.32 Å². The van der Waals surface area contributed by atoms with E-state index in [0.29, 0.717) is 6.04 Å². The molecule has 0 fully saturated rings. The molecule has 0 aromatic heterocycles. The number of rotatable bonds is 8. The summed E-state index contributed by atoms with van der Waals surface area (Å²) in [6, 6.07) is 0.513. The highest BCUT2D eigenvalue weighted by atomic mass is 32.2. The van der Waals surface area contributed by atoms with Gasteiger partial charge in [0.15, 0.2) is 0 Å². The zero-order valence-corrected chi connectivity index (χ0v) is 10.6. The van der Waals surface area contributed by atoms with E-state index in [2.05, 4.69) is 17.6 Å². The third-order valence-electron chi connectivity index (χ3n) is 2.97. The molecule has 0 saturated carbocycles. The summed E-state index contributed by atoms with van der Waals surface area (Å²) in [6.45, 7) is 1.86. The molecule has 0 aromatic carbocycles. The molecular formula is C12H24N2S. The van der Waals surface area contributed by atoms with Crippen LogP contribution >= 0.6 is 11.8 Å². The molecule has 0 aliphatic heterocycles. The predicted molar refractivity (Wildman–Crippen MR) is 70.4 cm³/mol. The lowest BCUT2D eigenvalue weighted by Gasteiger charge is -2.16. The molecule has 0 spiro atoms. The fourth-order valence-electron chi connectivity index (χ4n) is 1.96. The highest BCUT2D eigenvalue weighted by molar-refractivity contribution is 7.98. The molecule has 0 heterocycles. The van der Waals surface area contributed by atoms with E-state index in [9.17, 15) is 0 Å². The van der Waals surface area contributed by atoms with Gasteiger partial charge >= 0.3 is 0 Å². The zero-order valence-electron chi connectivity index (χ0n) is 9.80. The molecule has 0 saturated heterocycles. The number of hydrogen-bond donors (Lipinski definition) is 2. The molecule has 1 rings (SSSR count). The minimum absolute atomic E-state index is 0.513. The van der Waals surface area contributed by atoms with Crippen LogP contribution in [0.1, 0.15) is 32.1 Å². The molecule has 15 heavy (non-hydrogen) atoms. The van der Waals surface area contributed by atoms with Gasteiger partial charge in [0.2, 0.25) is 0 Å². The Morgan fingerprint density at radius 1 is 1.60 bits per heavy atom. The molecule has 88 valence electrons. The largest absolute Gasteiger partial charge is 0.329 e. The van der Waals surface area contributed by atoms with Crippen LogP contribution in [0.15, 0.2) is 11.6 Å². The first-order valence-electron chi connectivity index (χ1n) is 5.97. The van der Waals surface area contributed by atoms with Crippen LogP contribution < -0.4 is 11.1 Å². The Kier molecular flexibility index (Phi) is 7.14. The topological polar surface area (TPSA) is 38.0 Å². The molecule has 0 bridgehead atoms. The Hall–Kier alpha value is 0.0100. The Labute approximate surface area is 98.1 Å². The average molecular weight is 228 g/mol. The van der Waals surface area contributed by atoms with E-state index in [1.165, 1.54) is 37.9 Å². The van der Waals surface area contributed by atoms with Gasteiger partial charge in [0.05, 0.1) is 0 Å². The van der Waals surface area contributed by atoms with Crippen LogP contribution in [0.25, 0.3) is 0 Å². The van der Waals surface area contributed by atoms with Crippen LogP contribution in [0.3, 0.4) is 0 Å². The Morgan fingerprint density at radius 2 is 2.47 bits per heavy atom. The number of thioether (sulfide) groups is 1. The first-order valence-corrected chi connectivity index (χ1v) is 7.36. The van der Waals surface area contributed by atoms with Crippen LogP contribution in [0, 0.1) is 0 Å². The van der Waals surface area contributed by atoms with Crippen molar-refractivity contribution >= 4 is 11.8 Å². The molecule has 0 radical (unpaired) electrons. The van der Waals surface area contributed by atoms with E-state index < -0.39 is 0 Å². The quantitative estimate of drug-likeness (QED) is 0.625. The van der Waals surface area contributed by atoms with Gasteiger partial charge < -0.3 is 11.1 Å². The molecular weight excluding hydrogens is 204 g/mol. The maximum Gasteiger partial charge on any atom is 0.0198 e. The number of nitrogens with two attached hydrogens (primary N) is 1. The van der Waals surface area contributed by atoms with Crippen molar-refractivity contribution in [2.75, 3.05) is 25.1 Å². The summed E-state index contributed by atoms with van der Waals surface area (Å²) < 4.78 is 0. The number of allylic oxidation sites excluding steroid dienone is 1. The van der Waals surface area contributed by atoms with Gasteiger partial charge in [0.1, 0.15) is 0 Å². The van der Waals surface area contributed by atoms with Crippen LogP contribution in [0.5, 0.6) is 0 Å². The molecule has 3 N–H and O–H groups in total. The van der Waals surface area contributed by atoms with Crippen molar-refractivity contribution in [2.45, 2.75) is 38.1 Å². The lowest BCUT2D eigenvalue weighted by molar-refractivity contribution is 0.510. The Bertz CT molecular complexity index is 192. The lowest BCUT2D eigenvalue weighted by atomic mass is 10.1. The number of nitrogens with one attached hydrogen (secondary N) is 1. The average Bonchev–Trinajstić information content (AvgIpc) is 2.76. The van der Waals surface area contributed by atoms with E-state index in [1.807, 2.05) is 11.8 Å². The van der Waals surface area contributed by atoms with Crippen molar-refractivity contribution < 1.29 is 0 Å². The summed E-state index contributed by atoms with van der Waals surface area (Å²) in [5.74, 6) is 1.21. The van der Waals surface area contributed by atoms with E-state index >= 15 is 0 Å². The van der Waals surface area contributed by atoms with Crippen molar-refractivity contribution in [3.8, 4) is 0 Å². The SMILES string of the molecule is CSCCC(CN)NCCC1=CCCC1. The van der Waals surface area contributed by atoms with E-state index in [4.69, 9.17) is 5.73 Å². The normalized spacial score (nSPS) is 17.9. The van der Waals surface area contributed by atoms with Crippen LogP contribution in [-0.4, -0.2) is 31.1 Å². The van der Waals surface area contributed by atoms with E-state index in [0.717, 1.165) is 13.1 Å². The molecule has 1 aliphatic rings. The summed E-state index contributed by atoms with van der Waals surface area (Å²) >= 11 is 1.90. The van der Waals surface area contributed by atoms with Crippen LogP contribution in [0.4, 0.5) is 0 Å². The second-order valence-electron chi connectivity index (χ2n) is 4.17.